The number of phenols is 1. The third kappa shape index (κ3) is 5.18. The van der Waals surface area contributed by atoms with Crippen molar-refractivity contribution in [3.63, 3.8) is 0 Å². The molecule has 0 radical (unpaired) electrons. The number of aromatic nitrogens is 1. The summed E-state index contributed by atoms with van der Waals surface area (Å²) in [5, 5.41) is 33.4. The predicted octanol–water partition coefficient (Wildman–Crippen LogP) is 1.63. The van der Waals surface area contributed by atoms with Gasteiger partial charge in [0.1, 0.15) is 19.1 Å². The van der Waals surface area contributed by atoms with Crippen molar-refractivity contribution in [3.8, 4) is 5.75 Å². The number of phenolic OH excluding ortho intramolecular Hbond substituents is 1. The number of halogens is 2. The molecule has 1 fully saturated rings. The van der Waals surface area contributed by atoms with E-state index < -0.39 is 11.5 Å². The summed E-state index contributed by atoms with van der Waals surface area (Å²) >= 11 is 0. The molecule has 1 aromatic heterocycles. The number of carbonyl (C=O) groups is 1. The van der Waals surface area contributed by atoms with Crippen molar-refractivity contribution in [2.75, 3.05) is 6.61 Å². The summed E-state index contributed by atoms with van der Waals surface area (Å²) in [6.07, 6.45) is 4.18. The summed E-state index contributed by atoms with van der Waals surface area (Å²) in [6, 6.07) is 7.47. The normalized spacial score (nSPS) is 20.9. The Kier molecular flexibility index (Phi) is 9.84. The van der Waals surface area contributed by atoms with Gasteiger partial charge in [-0.05, 0) is 49.2 Å². The molecule has 10 heteroatoms. The van der Waals surface area contributed by atoms with Crippen LogP contribution in [0, 0.1) is 5.92 Å². The van der Waals surface area contributed by atoms with Crippen molar-refractivity contribution in [1.82, 2.24) is 10.3 Å². The van der Waals surface area contributed by atoms with Crippen LogP contribution in [0.3, 0.4) is 0 Å². The standard InChI is InChI=1S/C20H28BN3O4.2ClH/c21-17(4-2-8-25)20(22,19(27)28)13-9-14(10-13)24-11-15-16(26)6-5-12-3-1-7-23-18(12)15;;/h1,3,5-7,13-14,17,24-26H,2,4,8-11,21-22H2,(H,27,28);2*1H/t13-,14+,17?,20?;;. The molecule has 0 spiro atoms. The number of fused-ring (bicyclic) bond motifs is 1. The van der Waals surface area contributed by atoms with Crippen molar-refractivity contribution in [1.29, 1.82) is 0 Å². The molecule has 30 heavy (non-hydrogen) atoms. The molecule has 2 atom stereocenters. The highest BCUT2D eigenvalue weighted by molar-refractivity contribution is 6.15. The molecule has 2 unspecified atom stereocenters. The lowest BCUT2D eigenvalue weighted by atomic mass is 9.57. The van der Waals surface area contributed by atoms with Gasteiger partial charge in [0.2, 0.25) is 0 Å². The van der Waals surface area contributed by atoms with Crippen LogP contribution in [0.2, 0.25) is 5.82 Å². The number of aliphatic hydroxyl groups excluding tert-OH is 1. The van der Waals surface area contributed by atoms with Gasteiger partial charge in [0.05, 0.1) is 5.52 Å². The highest BCUT2D eigenvalue weighted by atomic mass is 35.5. The second kappa shape index (κ2) is 11.2. The first-order valence-corrected chi connectivity index (χ1v) is 9.80. The Bertz CT molecular complexity index is 854. The molecule has 7 nitrogen and oxygen atoms in total. The number of benzene rings is 1. The van der Waals surface area contributed by atoms with E-state index in [-0.39, 0.29) is 54.9 Å². The topological polar surface area (TPSA) is 129 Å². The Morgan fingerprint density at radius 3 is 2.67 bits per heavy atom. The second-order valence-corrected chi connectivity index (χ2v) is 7.89. The average Bonchev–Trinajstić information content (AvgIpc) is 2.65. The van der Waals surface area contributed by atoms with E-state index in [1.165, 1.54) is 0 Å². The number of pyridine rings is 1. The third-order valence-corrected chi connectivity index (χ3v) is 6.22. The maximum atomic E-state index is 11.9. The molecule has 6 N–H and O–H groups in total. The summed E-state index contributed by atoms with van der Waals surface area (Å²) in [6.45, 7) is 0.500. The van der Waals surface area contributed by atoms with E-state index in [4.69, 9.17) is 10.8 Å². The molecular formula is C20H30BCl2N3O4. The number of carboxylic acids is 1. The van der Waals surface area contributed by atoms with Gasteiger partial charge in [0.15, 0.2) is 0 Å². The van der Waals surface area contributed by atoms with Crippen molar-refractivity contribution in [3.05, 3.63) is 36.0 Å². The van der Waals surface area contributed by atoms with Gasteiger partial charge in [0.25, 0.3) is 0 Å². The molecule has 1 aliphatic carbocycles. The summed E-state index contributed by atoms with van der Waals surface area (Å²) in [4.78, 5) is 16.3. The van der Waals surface area contributed by atoms with Gasteiger partial charge in [-0.25, -0.2) is 0 Å². The zero-order valence-corrected chi connectivity index (χ0v) is 18.6. The van der Waals surface area contributed by atoms with Crippen molar-refractivity contribution in [2.45, 2.75) is 49.6 Å². The zero-order chi connectivity index (χ0) is 20.3. The quantitative estimate of drug-likeness (QED) is 0.362. The number of aliphatic carboxylic acids is 1. The minimum absolute atomic E-state index is 0. The van der Waals surface area contributed by atoms with Gasteiger partial charge in [-0.3, -0.25) is 9.78 Å². The van der Waals surface area contributed by atoms with E-state index in [9.17, 15) is 15.0 Å². The fourth-order valence-corrected chi connectivity index (χ4v) is 4.21. The molecule has 1 aromatic carbocycles. The van der Waals surface area contributed by atoms with E-state index in [0.717, 1.165) is 16.5 Å². The second-order valence-electron chi connectivity index (χ2n) is 7.89. The lowest BCUT2D eigenvalue weighted by molar-refractivity contribution is -0.148. The van der Waals surface area contributed by atoms with Gasteiger partial charge in [-0.15, -0.1) is 24.8 Å². The molecule has 0 aliphatic heterocycles. The molecule has 0 bridgehead atoms. The van der Waals surface area contributed by atoms with E-state index in [1.807, 2.05) is 26.0 Å². The Labute approximate surface area is 189 Å². The Morgan fingerprint density at radius 2 is 2.03 bits per heavy atom. The maximum Gasteiger partial charge on any atom is 0.323 e. The monoisotopic (exact) mass is 457 g/mol. The SMILES string of the molecule is BC(CCCO)C(N)(C(=O)O)[C@H]1C[C@@H](NCc2c(O)ccc3cccnc23)C1.Cl.Cl. The first-order valence-electron chi connectivity index (χ1n) is 9.80. The number of nitrogens with one attached hydrogen (secondary N) is 1. The third-order valence-electron chi connectivity index (χ3n) is 6.22. The molecule has 0 amide bonds. The first kappa shape index (κ1) is 26.5. The van der Waals surface area contributed by atoms with E-state index in [1.54, 1.807) is 12.3 Å². The van der Waals surface area contributed by atoms with Crippen LogP contribution in [0.15, 0.2) is 30.5 Å². The van der Waals surface area contributed by atoms with Gasteiger partial charge >= 0.3 is 5.97 Å². The molecule has 1 aliphatic rings. The predicted molar refractivity (Wildman–Crippen MR) is 124 cm³/mol. The van der Waals surface area contributed by atoms with E-state index >= 15 is 0 Å². The Hall–Kier alpha value is -1.58. The number of rotatable bonds is 9. The van der Waals surface area contributed by atoms with Crippen LogP contribution in [0.5, 0.6) is 5.75 Å². The van der Waals surface area contributed by atoms with Gasteiger partial charge in [-0.1, -0.05) is 12.5 Å². The van der Waals surface area contributed by atoms with Crippen LogP contribution < -0.4 is 11.1 Å². The van der Waals surface area contributed by atoms with Crippen molar-refractivity contribution in [2.24, 2.45) is 11.7 Å². The fourth-order valence-electron chi connectivity index (χ4n) is 4.21. The maximum absolute atomic E-state index is 11.9. The van der Waals surface area contributed by atoms with Crippen LogP contribution in [0.25, 0.3) is 10.9 Å². The number of nitrogens with zero attached hydrogens (tertiary/aromatic N) is 1. The molecule has 1 saturated carbocycles. The minimum atomic E-state index is -1.28. The van der Waals surface area contributed by atoms with E-state index in [0.29, 0.717) is 32.2 Å². The summed E-state index contributed by atoms with van der Waals surface area (Å²) in [5.41, 5.74) is 6.57. The molecule has 166 valence electrons. The number of hydrogen-bond acceptors (Lipinski definition) is 6. The smallest absolute Gasteiger partial charge is 0.323 e. The summed E-state index contributed by atoms with van der Waals surface area (Å²) in [7, 11) is 1.85. The highest BCUT2D eigenvalue weighted by Crippen LogP contribution is 2.42. The lowest BCUT2D eigenvalue weighted by Crippen LogP contribution is -2.63. The van der Waals surface area contributed by atoms with Crippen molar-refractivity contribution >= 4 is 49.5 Å². The molecule has 0 saturated heterocycles. The van der Waals surface area contributed by atoms with Gasteiger partial charge in [0, 0.05) is 36.3 Å². The van der Waals surface area contributed by atoms with Crippen LogP contribution >= 0.6 is 24.8 Å². The van der Waals surface area contributed by atoms with E-state index in [2.05, 4.69) is 10.3 Å². The summed E-state index contributed by atoms with van der Waals surface area (Å²) < 4.78 is 0. The minimum Gasteiger partial charge on any atom is -0.508 e. The largest absolute Gasteiger partial charge is 0.508 e. The summed E-state index contributed by atoms with van der Waals surface area (Å²) in [5.74, 6) is -1.10. The highest BCUT2D eigenvalue weighted by Gasteiger charge is 2.51. The van der Waals surface area contributed by atoms with Crippen LogP contribution in [0.4, 0.5) is 0 Å². The average molecular weight is 458 g/mol. The number of hydrogen-bond donors (Lipinski definition) is 5. The molecular weight excluding hydrogens is 428 g/mol. The van der Waals surface area contributed by atoms with Gasteiger partial charge in [-0.2, -0.15) is 0 Å². The van der Waals surface area contributed by atoms with Gasteiger partial charge < -0.3 is 26.4 Å². The van der Waals surface area contributed by atoms with Crippen LogP contribution in [-0.4, -0.2) is 52.3 Å². The number of aliphatic hydroxyl groups is 1. The number of nitrogens with two attached hydrogens (primary N) is 1. The van der Waals surface area contributed by atoms with Crippen LogP contribution in [0.1, 0.15) is 31.2 Å². The first-order chi connectivity index (χ1) is 13.4. The van der Waals surface area contributed by atoms with Crippen LogP contribution in [-0.2, 0) is 11.3 Å². The number of aromatic hydroxyl groups is 1. The Balaban J connectivity index is 0.00000225. The zero-order valence-electron chi connectivity index (χ0n) is 17.0. The Morgan fingerprint density at radius 1 is 1.33 bits per heavy atom. The number of carboxylic acid groups (broad SMARTS) is 1. The lowest BCUT2D eigenvalue weighted by Gasteiger charge is -2.47. The van der Waals surface area contributed by atoms with Crippen molar-refractivity contribution < 1.29 is 20.1 Å². The molecule has 2 aromatic rings. The fraction of sp³-hybridized carbons (Fsp3) is 0.500. The molecule has 3 rings (SSSR count). The molecule has 1 heterocycles.